The standard InChI is InChI=1S/C18H15N2.Y/c1-14-12-15(16-6-5-10-19-13-16)8-9-17(14)18-7-3-4-11-20(18)2;/h3-5,7,9-13H,1-2H3;/q-1;. The molecule has 0 unspecified atom stereocenters. The van der Waals surface area contributed by atoms with Gasteiger partial charge in [0.2, 0.25) is 0 Å². The predicted octanol–water partition coefficient (Wildman–Crippen LogP) is 3.15. The minimum absolute atomic E-state index is 0. The maximum Gasteiger partial charge on any atom is 0.171 e. The third-order valence-corrected chi connectivity index (χ3v) is 3.38. The van der Waals surface area contributed by atoms with Gasteiger partial charge in [0.25, 0.3) is 0 Å². The van der Waals surface area contributed by atoms with Crippen LogP contribution in [0.5, 0.6) is 0 Å². The smallest absolute Gasteiger partial charge is 0.171 e. The van der Waals surface area contributed by atoms with Crippen LogP contribution in [0.25, 0.3) is 22.4 Å². The van der Waals surface area contributed by atoms with E-state index in [1.165, 1.54) is 16.8 Å². The topological polar surface area (TPSA) is 16.8 Å². The maximum absolute atomic E-state index is 4.13. The van der Waals surface area contributed by atoms with Crippen LogP contribution in [0.4, 0.5) is 0 Å². The van der Waals surface area contributed by atoms with Gasteiger partial charge >= 0.3 is 0 Å². The van der Waals surface area contributed by atoms with Gasteiger partial charge in [-0.3, -0.25) is 0 Å². The van der Waals surface area contributed by atoms with Gasteiger partial charge in [0.05, 0.1) is 0 Å². The molecule has 2 nitrogen and oxygen atoms in total. The van der Waals surface area contributed by atoms with Gasteiger partial charge in [-0.2, -0.15) is 18.2 Å². The quantitative estimate of drug-likeness (QED) is 0.514. The Morgan fingerprint density at radius 2 is 2.00 bits per heavy atom. The second kappa shape index (κ2) is 7.06. The molecule has 0 spiro atoms. The first-order valence-electron chi connectivity index (χ1n) is 6.55. The van der Waals surface area contributed by atoms with E-state index in [0.717, 1.165) is 11.1 Å². The average Bonchev–Trinajstić information content (AvgIpc) is 2.49. The van der Waals surface area contributed by atoms with Crippen molar-refractivity contribution in [3.8, 4) is 22.4 Å². The second-order valence-corrected chi connectivity index (χ2v) is 4.79. The number of benzene rings is 1. The molecule has 0 amide bonds. The molecule has 0 N–H and O–H groups in total. The van der Waals surface area contributed by atoms with Crippen molar-refractivity contribution in [2.75, 3.05) is 0 Å². The van der Waals surface area contributed by atoms with Crippen molar-refractivity contribution < 1.29 is 37.3 Å². The van der Waals surface area contributed by atoms with Gasteiger partial charge in [-0.05, 0) is 5.56 Å². The number of pyridine rings is 2. The van der Waals surface area contributed by atoms with E-state index in [1.54, 1.807) is 6.20 Å². The Balaban J connectivity index is 0.00000161. The molecule has 3 rings (SSSR count). The molecular formula is C18H15N2Y-. The molecule has 0 bridgehead atoms. The Labute approximate surface area is 150 Å². The Morgan fingerprint density at radius 3 is 2.67 bits per heavy atom. The molecule has 101 valence electrons. The monoisotopic (exact) mass is 348 g/mol. The SMILES string of the molecule is Cc1cc(-c2[c-]ccnc2)[c-]cc1-c1cccc[n+]1C.[Y]. The first kappa shape index (κ1) is 16.0. The van der Waals surface area contributed by atoms with Crippen molar-refractivity contribution in [1.82, 2.24) is 4.98 Å². The fourth-order valence-electron chi connectivity index (χ4n) is 2.31. The van der Waals surface area contributed by atoms with Crippen molar-refractivity contribution >= 4 is 0 Å². The number of rotatable bonds is 2. The molecule has 0 aliphatic heterocycles. The largest absolute Gasteiger partial charge is 0.370 e. The Bertz CT molecular complexity index is 739. The fourth-order valence-corrected chi connectivity index (χ4v) is 2.31. The number of hydrogen-bond donors (Lipinski definition) is 0. The molecule has 0 aliphatic carbocycles. The normalized spacial score (nSPS) is 10.0. The van der Waals surface area contributed by atoms with E-state index in [2.05, 4.69) is 60.1 Å². The summed E-state index contributed by atoms with van der Waals surface area (Å²) in [5.74, 6) is 0. The summed E-state index contributed by atoms with van der Waals surface area (Å²) >= 11 is 0. The first-order chi connectivity index (χ1) is 9.75. The summed E-state index contributed by atoms with van der Waals surface area (Å²) in [6.07, 6.45) is 5.60. The van der Waals surface area contributed by atoms with E-state index in [0.29, 0.717) is 0 Å². The zero-order chi connectivity index (χ0) is 13.9. The summed E-state index contributed by atoms with van der Waals surface area (Å²) in [6.45, 7) is 2.12. The van der Waals surface area contributed by atoms with Gasteiger partial charge in [0.15, 0.2) is 11.9 Å². The van der Waals surface area contributed by atoms with Crippen LogP contribution in [0.1, 0.15) is 5.56 Å². The van der Waals surface area contributed by atoms with E-state index >= 15 is 0 Å². The molecule has 3 aromatic rings. The Morgan fingerprint density at radius 1 is 1.14 bits per heavy atom. The third kappa shape index (κ3) is 3.45. The van der Waals surface area contributed by atoms with Crippen molar-refractivity contribution in [1.29, 1.82) is 0 Å². The van der Waals surface area contributed by atoms with E-state index in [4.69, 9.17) is 0 Å². The van der Waals surface area contributed by atoms with E-state index in [-0.39, 0.29) is 32.7 Å². The average molecular weight is 348 g/mol. The molecule has 2 aromatic heterocycles. The van der Waals surface area contributed by atoms with Crippen LogP contribution in [0, 0.1) is 19.1 Å². The van der Waals surface area contributed by atoms with Gasteiger partial charge in [-0.15, -0.1) is 17.7 Å². The molecular weight excluding hydrogens is 333 g/mol. The van der Waals surface area contributed by atoms with Crippen molar-refractivity contribution in [2.24, 2.45) is 7.05 Å². The molecule has 0 saturated heterocycles. The molecule has 3 heteroatoms. The molecule has 0 fully saturated rings. The van der Waals surface area contributed by atoms with Crippen LogP contribution < -0.4 is 4.57 Å². The second-order valence-electron chi connectivity index (χ2n) is 4.79. The number of nitrogens with zero attached hydrogens (tertiary/aromatic N) is 2. The summed E-state index contributed by atoms with van der Waals surface area (Å²) in [5, 5.41) is 0. The zero-order valence-corrected chi connectivity index (χ0v) is 15.0. The fraction of sp³-hybridized carbons (Fsp3) is 0.111. The molecule has 1 aromatic carbocycles. The van der Waals surface area contributed by atoms with E-state index in [9.17, 15) is 0 Å². The summed E-state index contributed by atoms with van der Waals surface area (Å²) in [7, 11) is 2.05. The molecule has 0 atom stereocenters. The molecule has 2 heterocycles. The van der Waals surface area contributed by atoms with Gasteiger partial charge < -0.3 is 4.98 Å². The number of aryl methyl sites for hydroxylation is 2. The van der Waals surface area contributed by atoms with E-state index < -0.39 is 0 Å². The summed E-state index contributed by atoms with van der Waals surface area (Å²) in [6, 6.07) is 18.7. The summed E-state index contributed by atoms with van der Waals surface area (Å²) in [5.41, 5.74) is 5.60. The molecule has 21 heavy (non-hydrogen) atoms. The van der Waals surface area contributed by atoms with Crippen LogP contribution >= 0.6 is 0 Å². The van der Waals surface area contributed by atoms with Crippen molar-refractivity contribution in [3.05, 3.63) is 72.7 Å². The van der Waals surface area contributed by atoms with Gasteiger partial charge in [-0.25, -0.2) is 15.7 Å². The number of aromatic nitrogens is 2. The van der Waals surface area contributed by atoms with Gasteiger partial charge in [0.1, 0.15) is 7.05 Å². The summed E-state index contributed by atoms with van der Waals surface area (Å²) < 4.78 is 2.12. The third-order valence-electron chi connectivity index (χ3n) is 3.38. The van der Waals surface area contributed by atoms with Crippen LogP contribution in [0.3, 0.4) is 0 Å². The maximum atomic E-state index is 4.13. The van der Waals surface area contributed by atoms with Crippen LogP contribution in [0.15, 0.2) is 55.0 Å². The Hall–Kier alpha value is -1.38. The predicted molar refractivity (Wildman–Crippen MR) is 78.7 cm³/mol. The van der Waals surface area contributed by atoms with Crippen LogP contribution in [0.2, 0.25) is 0 Å². The van der Waals surface area contributed by atoms with Crippen molar-refractivity contribution in [2.45, 2.75) is 6.92 Å². The zero-order valence-electron chi connectivity index (χ0n) is 12.2. The Kier molecular flexibility index (Phi) is 5.38. The van der Waals surface area contributed by atoms with Crippen molar-refractivity contribution in [3.63, 3.8) is 0 Å². The first-order valence-corrected chi connectivity index (χ1v) is 6.55. The minimum atomic E-state index is 0. The van der Waals surface area contributed by atoms with Crippen LogP contribution in [-0.2, 0) is 39.8 Å². The molecule has 0 aliphatic rings. The molecule has 1 radical (unpaired) electrons. The van der Waals surface area contributed by atoms with Gasteiger partial charge in [-0.1, -0.05) is 25.4 Å². The number of hydrogen-bond acceptors (Lipinski definition) is 1. The minimum Gasteiger partial charge on any atom is -0.370 e. The summed E-state index contributed by atoms with van der Waals surface area (Å²) in [4.78, 5) is 4.13. The molecule has 0 saturated carbocycles. The van der Waals surface area contributed by atoms with E-state index in [1.807, 2.05) is 24.4 Å². The van der Waals surface area contributed by atoms with Gasteiger partial charge in [0, 0.05) is 44.8 Å². The van der Waals surface area contributed by atoms with Crippen LogP contribution in [-0.4, -0.2) is 4.98 Å².